The summed E-state index contributed by atoms with van der Waals surface area (Å²) in [4.78, 5) is 11.3. The fourth-order valence-electron chi connectivity index (χ4n) is 3.21. The van der Waals surface area contributed by atoms with E-state index in [0.29, 0.717) is 12.2 Å². The number of benzene rings is 2. The van der Waals surface area contributed by atoms with Crippen LogP contribution >= 0.6 is 0 Å². The van der Waals surface area contributed by atoms with E-state index in [2.05, 4.69) is 36.6 Å². The fourth-order valence-corrected chi connectivity index (χ4v) is 3.21. The molecule has 0 radical (unpaired) electrons. The maximum Gasteiger partial charge on any atom is 0.344 e. The Morgan fingerprint density at radius 2 is 1.84 bits per heavy atom. The third-order valence-corrected chi connectivity index (χ3v) is 4.72. The topological polar surface area (TPSA) is 51.5 Å². The van der Waals surface area contributed by atoms with Crippen LogP contribution in [0.1, 0.15) is 30.2 Å². The number of aliphatic carboxylic acids is 1. The first-order valence-electron chi connectivity index (χ1n) is 8.54. The first-order valence-corrected chi connectivity index (χ1v) is 8.54. The van der Waals surface area contributed by atoms with Crippen molar-refractivity contribution >= 4 is 16.9 Å². The lowest BCUT2D eigenvalue weighted by molar-refractivity contribution is -0.145. The first kappa shape index (κ1) is 17.1. The number of hydrogen-bond acceptors (Lipinski definition) is 2. The normalized spacial score (nSPS) is 12.3. The second kappa shape index (κ2) is 7.01. The van der Waals surface area contributed by atoms with Gasteiger partial charge in [0.1, 0.15) is 5.75 Å². The zero-order valence-electron chi connectivity index (χ0n) is 14.8. The van der Waals surface area contributed by atoms with E-state index < -0.39 is 12.1 Å². The monoisotopic (exact) mass is 337 g/mol. The van der Waals surface area contributed by atoms with Crippen molar-refractivity contribution in [2.75, 3.05) is 0 Å². The van der Waals surface area contributed by atoms with Crippen LogP contribution in [0.3, 0.4) is 0 Å². The summed E-state index contributed by atoms with van der Waals surface area (Å²) < 4.78 is 8.08. The molecule has 1 N–H and O–H groups in total. The van der Waals surface area contributed by atoms with Gasteiger partial charge in [0.25, 0.3) is 0 Å². The van der Waals surface area contributed by atoms with Gasteiger partial charge in [-0.25, -0.2) is 4.79 Å². The summed E-state index contributed by atoms with van der Waals surface area (Å²) in [5, 5.41) is 10.3. The minimum Gasteiger partial charge on any atom is -0.479 e. The third kappa shape index (κ3) is 3.25. The van der Waals surface area contributed by atoms with Crippen LogP contribution in [0.25, 0.3) is 10.9 Å². The number of aryl methyl sites for hydroxylation is 1. The molecule has 1 unspecified atom stereocenters. The second-order valence-electron chi connectivity index (χ2n) is 6.29. The molecule has 0 aliphatic carbocycles. The lowest BCUT2D eigenvalue weighted by Crippen LogP contribution is -2.26. The quantitative estimate of drug-likeness (QED) is 0.718. The predicted octanol–water partition coefficient (Wildman–Crippen LogP) is 4.55. The lowest BCUT2D eigenvalue weighted by atomic mass is 10.1. The molecule has 2 aromatic carbocycles. The molecule has 0 amide bonds. The molecule has 0 aliphatic heterocycles. The highest BCUT2D eigenvalue weighted by Crippen LogP contribution is 2.34. The largest absolute Gasteiger partial charge is 0.479 e. The zero-order valence-corrected chi connectivity index (χ0v) is 14.8. The van der Waals surface area contributed by atoms with Crippen LogP contribution in [0.2, 0.25) is 0 Å². The van der Waals surface area contributed by atoms with Crippen molar-refractivity contribution in [3.63, 3.8) is 0 Å². The van der Waals surface area contributed by atoms with Gasteiger partial charge in [-0.3, -0.25) is 0 Å². The molecule has 0 fully saturated rings. The first-order chi connectivity index (χ1) is 12.0. The number of ether oxygens (including phenoxy) is 1. The molecular weight excluding hydrogens is 314 g/mol. The van der Waals surface area contributed by atoms with Gasteiger partial charge in [0.2, 0.25) is 0 Å². The van der Waals surface area contributed by atoms with E-state index in [1.807, 2.05) is 37.3 Å². The molecule has 0 aliphatic rings. The molecule has 0 spiro atoms. The van der Waals surface area contributed by atoms with Crippen LogP contribution in [-0.4, -0.2) is 21.7 Å². The fraction of sp³-hybridized carbons (Fsp3) is 0.286. The van der Waals surface area contributed by atoms with Gasteiger partial charge in [0.05, 0.1) is 5.52 Å². The number of nitrogens with zero attached hydrogens (tertiary/aromatic N) is 1. The van der Waals surface area contributed by atoms with Gasteiger partial charge in [0, 0.05) is 17.6 Å². The molecule has 130 valence electrons. The Morgan fingerprint density at radius 3 is 2.48 bits per heavy atom. The summed E-state index contributed by atoms with van der Waals surface area (Å²) in [5.74, 6) is -0.295. The molecule has 3 aromatic rings. The zero-order chi connectivity index (χ0) is 18.0. The van der Waals surface area contributed by atoms with Crippen LogP contribution in [0.15, 0.2) is 48.5 Å². The average molecular weight is 337 g/mol. The molecule has 0 bridgehead atoms. The van der Waals surface area contributed by atoms with Crippen molar-refractivity contribution < 1.29 is 14.6 Å². The Hall–Kier alpha value is -2.75. The molecule has 0 saturated heterocycles. The number of carboxylic acids is 1. The molecule has 1 heterocycles. The number of rotatable bonds is 6. The van der Waals surface area contributed by atoms with Gasteiger partial charge < -0.3 is 14.4 Å². The molecule has 4 heteroatoms. The van der Waals surface area contributed by atoms with Crippen molar-refractivity contribution in [2.45, 2.75) is 39.8 Å². The Labute approximate surface area is 147 Å². The van der Waals surface area contributed by atoms with Crippen LogP contribution in [0.4, 0.5) is 0 Å². The summed E-state index contributed by atoms with van der Waals surface area (Å²) in [5.41, 5.74) is 4.59. The molecule has 0 saturated carbocycles. The summed E-state index contributed by atoms with van der Waals surface area (Å²) in [6, 6.07) is 16.1. The Kier molecular flexibility index (Phi) is 4.79. The molecule has 1 aromatic heterocycles. The molecule has 1 atom stereocenters. The van der Waals surface area contributed by atoms with Crippen LogP contribution in [0, 0.1) is 13.8 Å². The number of fused-ring (bicyclic) bond motifs is 1. The maximum absolute atomic E-state index is 11.3. The molecule has 3 rings (SSSR count). The van der Waals surface area contributed by atoms with Crippen LogP contribution < -0.4 is 4.74 Å². The van der Waals surface area contributed by atoms with Gasteiger partial charge in [-0.1, -0.05) is 43.3 Å². The van der Waals surface area contributed by atoms with E-state index in [4.69, 9.17) is 4.74 Å². The Bertz CT molecular complexity index is 896. The van der Waals surface area contributed by atoms with E-state index in [0.717, 1.165) is 23.0 Å². The van der Waals surface area contributed by atoms with Gasteiger partial charge in [-0.05, 0) is 43.5 Å². The van der Waals surface area contributed by atoms with E-state index in [1.54, 1.807) is 0 Å². The highest BCUT2D eigenvalue weighted by Gasteiger charge is 2.21. The number of aromatic nitrogens is 1. The minimum absolute atomic E-state index is 0.425. The molecular formula is C21H23NO3. The van der Waals surface area contributed by atoms with Crippen molar-refractivity contribution in [1.29, 1.82) is 0 Å². The smallest absolute Gasteiger partial charge is 0.344 e. The van der Waals surface area contributed by atoms with Crippen molar-refractivity contribution in [3.8, 4) is 5.75 Å². The summed E-state index contributed by atoms with van der Waals surface area (Å²) >= 11 is 0. The molecule has 25 heavy (non-hydrogen) atoms. The average Bonchev–Trinajstić information content (AvgIpc) is 2.86. The van der Waals surface area contributed by atoms with Gasteiger partial charge >= 0.3 is 5.97 Å². The molecule has 4 nitrogen and oxygen atoms in total. The van der Waals surface area contributed by atoms with E-state index in [-0.39, 0.29) is 0 Å². The highest BCUT2D eigenvalue weighted by atomic mass is 16.5. The summed E-state index contributed by atoms with van der Waals surface area (Å²) in [6.45, 7) is 6.75. The van der Waals surface area contributed by atoms with Crippen molar-refractivity contribution in [2.24, 2.45) is 0 Å². The minimum atomic E-state index is -0.933. The van der Waals surface area contributed by atoms with Crippen molar-refractivity contribution in [1.82, 2.24) is 4.57 Å². The van der Waals surface area contributed by atoms with E-state index >= 15 is 0 Å². The van der Waals surface area contributed by atoms with E-state index in [9.17, 15) is 9.90 Å². The highest BCUT2D eigenvalue weighted by molar-refractivity contribution is 5.91. The van der Waals surface area contributed by atoms with E-state index in [1.165, 1.54) is 11.3 Å². The number of hydrogen-bond donors (Lipinski definition) is 1. The predicted molar refractivity (Wildman–Crippen MR) is 99.3 cm³/mol. The standard InChI is InChI=1S/C21H23NO3/c1-4-18(21(23)24)25-19-12-8-11-17-20(19)14(2)15(3)22(17)13-16-9-6-5-7-10-16/h5-12,18H,4,13H2,1-3H3,(H,23,24). The van der Waals surface area contributed by atoms with Gasteiger partial charge in [-0.15, -0.1) is 0 Å². The maximum atomic E-state index is 11.3. The number of carboxylic acid groups (broad SMARTS) is 1. The van der Waals surface area contributed by atoms with Crippen molar-refractivity contribution in [3.05, 3.63) is 65.4 Å². The van der Waals surface area contributed by atoms with Gasteiger partial charge in [0.15, 0.2) is 6.10 Å². The summed E-state index contributed by atoms with van der Waals surface area (Å²) in [6.07, 6.45) is -0.406. The van der Waals surface area contributed by atoms with Crippen LogP contribution in [0.5, 0.6) is 5.75 Å². The summed E-state index contributed by atoms with van der Waals surface area (Å²) in [7, 11) is 0. The van der Waals surface area contributed by atoms with Crippen LogP contribution in [-0.2, 0) is 11.3 Å². The Morgan fingerprint density at radius 1 is 1.12 bits per heavy atom. The SMILES string of the molecule is CCC(Oc1cccc2c1c(C)c(C)n2Cc1ccccc1)C(=O)O. The number of carbonyl (C=O) groups is 1. The Balaban J connectivity index is 2.08. The lowest BCUT2D eigenvalue weighted by Gasteiger charge is -2.14. The van der Waals surface area contributed by atoms with Gasteiger partial charge in [-0.2, -0.15) is 0 Å². The second-order valence-corrected chi connectivity index (χ2v) is 6.29. The third-order valence-electron chi connectivity index (χ3n) is 4.72.